The number of nitrogens with two attached hydrogens (primary N) is 1. The van der Waals surface area contributed by atoms with Crippen LogP contribution in [0.3, 0.4) is 0 Å². The number of anilines is 1. The quantitative estimate of drug-likeness (QED) is 0.829. The molecule has 2 N–H and O–H groups in total. The third kappa shape index (κ3) is 2.93. The molecule has 0 bridgehead atoms. The molecule has 0 heterocycles. The Morgan fingerprint density at radius 1 is 1.00 bits per heavy atom. The molecule has 0 saturated heterocycles. The van der Waals surface area contributed by atoms with Gasteiger partial charge in [0, 0.05) is 11.8 Å². The maximum Gasteiger partial charge on any atom is 0.159 e. The first-order valence-corrected chi connectivity index (χ1v) is 5.07. The fourth-order valence-electron chi connectivity index (χ4n) is 1.40. The van der Waals surface area contributed by atoms with Crippen molar-refractivity contribution in [1.29, 1.82) is 0 Å². The zero-order valence-electron chi connectivity index (χ0n) is 8.99. The van der Waals surface area contributed by atoms with E-state index in [2.05, 4.69) is 0 Å². The van der Waals surface area contributed by atoms with Gasteiger partial charge >= 0.3 is 0 Å². The standard InChI is InChI=1S/C13H11F2NO/c14-12-5-4-9(6-13(12)15)8-17-11-3-1-2-10(16)7-11/h1-7H,8,16H2. The lowest BCUT2D eigenvalue weighted by Crippen LogP contribution is -1.97. The Balaban J connectivity index is 2.05. The van der Waals surface area contributed by atoms with E-state index in [0.29, 0.717) is 17.0 Å². The summed E-state index contributed by atoms with van der Waals surface area (Å²) in [4.78, 5) is 0. The molecule has 4 heteroatoms. The van der Waals surface area contributed by atoms with Gasteiger partial charge in [-0.05, 0) is 29.8 Å². The van der Waals surface area contributed by atoms with E-state index in [-0.39, 0.29) is 6.61 Å². The van der Waals surface area contributed by atoms with E-state index in [1.165, 1.54) is 6.07 Å². The minimum atomic E-state index is -0.876. The number of benzene rings is 2. The molecule has 0 aliphatic heterocycles. The molecule has 2 aromatic rings. The number of rotatable bonds is 3. The van der Waals surface area contributed by atoms with Crippen LogP contribution in [0.25, 0.3) is 0 Å². The van der Waals surface area contributed by atoms with Crippen molar-refractivity contribution in [2.45, 2.75) is 6.61 Å². The number of hydrogen-bond acceptors (Lipinski definition) is 2. The molecule has 88 valence electrons. The lowest BCUT2D eigenvalue weighted by molar-refractivity contribution is 0.305. The molecule has 2 aromatic carbocycles. The van der Waals surface area contributed by atoms with Crippen molar-refractivity contribution >= 4 is 5.69 Å². The number of ether oxygens (including phenoxy) is 1. The lowest BCUT2D eigenvalue weighted by Gasteiger charge is -2.07. The normalized spacial score (nSPS) is 10.2. The Hall–Kier alpha value is -2.10. The van der Waals surface area contributed by atoms with Gasteiger partial charge in [0.15, 0.2) is 11.6 Å². The van der Waals surface area contributed by atoms with Gasteiger partial charge in [-0.3, -0.25) is 0 Å². The van der Waals surface area contributed by atoms with Crippen molar-refractivity contribution in [3.8, 4) is 5.75 Å². The minimum absolute atomic E-state index is 0.167. The summed E-state index contributed by atoms with van der Waals surface area (Å²) in [6, 6.07) is 10.6. The van der Waals surface area contributed by atoms with Crippen molar-refractivity contribution in [3.05, 3.63) is 59.7 Å². The first-order valence-electron chi connectivity index (χ1n) is 5.07. The van der Waals surface area contributed by atoms with Crippen LogP contribution in [0, 0.1) is 11.6 Å². The summed E-state index contributed by atoms with van der Waals surface area (Å²) in [6.45, 7) is 0.167. The Labute approximate surface area is 97.6 Å². The van der Waals surface area contributed by atoms with Crippen molar-refractivity contribution < 1.29 is 13.5 Å². The second-order valence-corrected chi connectivity index (χ2v) is 3.61. The smallest absolute Gasteiger partial charge is 0.159 e. The highest BCUT2D eigenvalue weighted by Crippen LogP contribution is 2.17. The SMILES string of the molecule is Nc1cccc(OCc2ccc(F)c(F)c2)c1. The summed E-state index contributed by atoms with van der Waals surface area (Å²) < 4.78 is 31.0. The molecule has 0 saturated carbocycles. The molecule has 0 atom stereocenters. The van der Waals surface area contributed by atoms with Gasteiger partial charge in [-0.2, -0.15) is 0 Å². The second-order valence-electron chi connectivity index (χ2n) is 3.61. The Morgan fingerprint density at radius 3 is 2.53 bits per heavy atom. The van der Waals surface area contributed by atoms with Gasteiger partial charge < -0.3 is 10.5 Å². The highest BCUT2D eigenvalue weighted by Gasteiger charge is 2.03. The minimum Gasteiger partial charge on any atom is -0.489 e. The van der Waals surface area contributed by atoms with Crippen LogP contribution in [0.5, 0.6) is 5.75 Å². The van der Waals surface area contributed by atoms with E-state index in [0.717, 1.165) is 12.1 Å². The predicted molar refractivity (Wildman–Crippen MR) is 61.5 cm³/mol. The van der Waals surface area contributed by atoms with Crippen molar-refractivity contribution in [1.82, 2.24) is 0 Å². The van der Waals surface area contributed by atoms with Gasteiger partial charge in [-0.15, -0.1) is 0 Å². The van der Waals surface area contributed by atoms with Gasteiger partial charge in [-0.25, -0.2) is 8.78 Å². The molecular weight excluding hydrogens is 224 g/mol. The highest BCUT2D eigenvalue weighted by molar-refractivity contribution is 5.43. The molecule has 17 heavy (non-hydrogen) atoms. The average Bonchev–Trinajstić information content (AvgIpc) is 2.31. The topological polar surface area (TPSA) is 35.2 Å². The Bertz CT molecular complexity index is 529. The molecule has 2 nitrogen and oxygen atoms in total. The molecule has 0 aliphatic rings. The van der Waals surface area contributed by atoms with Crippen LogP contribution in [0.2, 0.25) is 0 Å². The third-order valence-corrected chi connectivity index (χ3v) is 2.25. The van der Waals surface area contributed by atoms with Crippen LogP contribution in [-0.4, -0.2) is 0 Å². The second kappa shape index (κ2) is 4.82. The van der Waals surface area contributed by atoms with Crippen LogP contribution in [0.4, 0.5) is 14.5 Å². The highest BCUT2D eigenvalue weighted by atomic mass is 19.2. The van der Waals surface area contributed by atoms with E-state index in [9.17, 15) is 8.78 Å². The zero-order valence-corrected chi connectivity index (χ0v) is 8.99. The summed E-state index contributed by atoms with van der Waals surface area (Å²) in [5.74, 6) is -1.15. The van der Waals surface area contributed by atoms with E-state index >= 15 is 0 Å². The van der Waals surface area contributed by atoms with Crippen LogP contribution in [-0.2, 0) is 6.61 Å². The van der Waals surface area contributed by atoms with Gasteiger partial charge in [0.25, 0.3) is 0 Å². The fraction of sp³-hybridized carbons (Fsp3) is 0.0769. The summed E-state index contributed by atoms with van der Waals surface area (Å²) in [5.41, 5.74) is 6.73. The molecule has 0 spiro atoms. The summed E-state index contributed by atoms with van der Waals surface area (Å²) >= 11 is 0. The molecule has 0 aliphatic carbocycles. The largest absolute Gasteiger partial charge is 0.489 e. The monoisotopic (exact) mass is 235 g/mol. The Kier molecular flexibility index (Phi) is 3.23. The first-order chi connectivity index (χ1) is 8.15. The van der Waals surface area contributed by atoms with E-state index in [4.69, 9.17) is 10.5 Å². The number of halogens is 2. The Morgan fingerprint density at radius 2 is 1.82 bits per heavy atom. The summed E-state index contributed by atoms with van der Waals surface area (Å²) in [6.07, 6.45) is 0. The summed E-state index contributed by atoms with van der Waals surface area (Å²) in [5, 5.41) is 0. The molecule has 0 aromatic heterocycles. The molecule has 0 radical (unpaired) electrons. The maximum atomic E-state index is 12.9. The molecule has 0 unspecified atom stereocenters. The fourth-order valence-corrected chi connectivity index (χ4v) is 1.40. The number of nitrogen functional groups attached to an aromatic ring is 1. The molecule has 0 amide bonds. The van der Waals surface area contributed by atoms with Crippen LogP contribution in [0.1, 0.15) is 5.56 Å². The molecular formula is C13H11F2NO. The van der Waals surface area contributed by atoms with Crippen LogP contribution in [0.15, 0.2) is 42.5 Å². The van der Waals surface area contributed by atoms with Crippen LogP contribution < -0.4 is 10.5 Å². The van der Waals surface area contributed by atoms with E-state index in [1.807, 2.05) is 0 Å². The first kappa shape index (κ1) is 11.4. The van der Waals surface area contributed by atoms with Crippen molar-refractivity contribution in [3.63, 3.8) is 0 Å². The third-order valence-electron chi connectivity index (χ3n) is 2.25. The predicted octanol–water partition coefficient (Wildman–Crippen LogP) is 3.13. The van der Waals surface area contributed by atoms with Crippen molar-refractivity contribution in [2.75, 3.05) is 5.73 Å². The van der Waals surface area contributed by atoms with Gasteiger partial charge in [0.1, 0.15) is 12.4 Å². The van der Waals surface area contributed by atoms with Crippen LogP contribution >= 0.6 is 0 Å². The zero-order chi connectivity index (χ0) is 12.3. The lowest BCUT2D eigenvalue weighted by atomic mass is 10.2. The van der Waals surface area contributed by atoms with Gasteiger partial charge in [0.05, 0.1) is 0 Å². The van der Waals surface area contributed by atoms with E-state index in [1.54, 1.807) is 24.3 Å². The number of hydrogen-bond donors (Lipinski definition) is 1. The average molecular weight is 235 g/mol. The van der Waals surface area contributed by atoms with Crippen molar-refractivity contribution in [2.24, 2.45) is 0 Å². The van der Waals surface area contributed by atoms with Gasteiger partial charge in [-0.1, -0.05) is 12.1 Å². The maximum absolute atomic E-state index is 12.9. The summed E-state index contributed by atoms with van der Waals surface area (Å²) in [7, 11) is 0. The van der Waals surface area contributed by atoms with Gasteiger partial charge in [0.2, 0.25) is 0 Å². The molecule has 0 fully saturated rings. The molecule has 2 rings (SSSR count). The van der Waals surface area contributed by atoms with E-state index < -0.39 is 11.6 Å².